The molecule has 1 fully saturated rings. The van der Waals surface area contributed by atoms with Crippen molar-refractivity contribution in [3.63, 3.8) is 0 Å². The van der Waals surface area contributed by atoms with Gasteiger partial charge in [0.1, 0.15) is 12.8 Å². The average molecular weight is 480 g/mol. The smallest absolute Gasteiger partial charge is 0.228 e. The molecule has 0 unspecified atom stereocenters. The molecular weight excluding hydrogens is 457 g/mol. The zero-order valence-corrected chi connectivity index (χ0v) is 18.2. The van der Waals surface area contributed by atoms with Crippen molar-refractivity contribution in [1.82, 2.24) is 14.5 Å². The Bertz CT molecular complexity index is 728. The van der Waals surface area contributed by atoms with Crippen molar-refractivity contribution in [3.05, 3.63) is 15.1 Å². The highest BCUT2D eigenvalue weighted by molar-refractivity contribution is 14.1. The second kappa shape index (κ2) is 7.47. The fourth-order valence-electron chi connectivity index (χ4n) is 2.45. The van der Waals surface area contributed by atoms with Crippen LogP contribution in [0.3, 0.4) is 0 Å². The fourth-order valence-corrected chi connectivity index (χ4v) is 4.18. The van der Waals surface area contributed by atoms with Crippen molar-refractivity contribution < 1.29 is 9.47 Å². The largest absolute Gasteiger partial charge is 0.474 e. The SMILES string of the molecule is C[Si](C)(C)CCOCn1cc(I)c2c(OC3CCC3)nc(Cl)nc21. The molecule has 8 heteroatoms. The van der Waals surface area contributed by atoms with Crippen molar-refractivity contribution in [1.29, 1.82) is 0 Å². The number of hydrogen-bond donors (Lipinski definition) is 0. The summed E-state index contributed by atoms with van der Waals surface area (Å²) in [6.07, 6.45) is 5.67. The molecule has 132 valence electrons. The topological polar surface area (TPSA) is 49.2 Å². The van der Waals surface area contributed by atoms with Gasteiger partial charge < -0.3 is 14.0 Å². The maximum Gasteiger partial charge on any atom is 0.228 e. The van der Waals surface area contributed by atoms with Crippen LogP contribution in [0.2, 0.25) is 31.0 Å². The summed E-state index contributed by atoms with van der Waals surface area (Å²) in [7, 11) is -1.08. The third-order valence-corrected chi connectivity index (χ3v) is 6.86. The Morgan fingerprint density at radius 2 is 2.08 bits per heavy atom. The Balaban J connectivity index is 1.79. The third kappa shape index (κ3) is 4.42. The highest BCUT2D eigenvalue weighted by atomic mass is 127. The lowest BCUT2D eigenvalue weighted by atomic mass is 9.96. The lowest BCUT2D eigenvalue weighted by Crippen LogP contribution is -2.25. The van der Waals surface area contributed by atoms with Gasteiger partial charge in [-0.25, -0.2) is 0 Å². The van der Waals surface area contributed by atoms with Crippen molar-refractivity contribution in [2.45, 2.75) is 57.8 Å². The van der Waals surface area contributed by atoms with Crippen LogP contribution in [-0.2, 0) is 11.5 Å². The molecule has 0 spiro atoms. The van der Waals surface area contributed by atoms with E-state index in [1.807, 2.05) is 10.8 Å². The molecule has 0 amide bonds. The Morgan fingerprint density at radius 3 is 2.71 bits per heavy atom. The third-order valence-electron chi connectivity index (χ3n) is 4.17. The summed E-state index contributed by atoms with van der Waals surface area (Å²) in [6.45, 7) is 8.29. The van der Waals surface area contributed by atoms with Gasteiger partial charge in [0.2, 0.25) is 11.2 Å². The maximum absolute atomic E-state index is 6.12. The van der Waals surface area contributed by atoms with Crippen molar-refractivity contribution in [2.75, 3.05) is 6.61 Å². The average Bonchev–Trinajstić information content (AvgIpc) is 2.74. The summed E-state index contributed by atoms with van der Waals surface area (Å²) in [5.41, 5.74) is 0.779. The van der Waals surface area contributed by atoms with Crippen LogP contribution in [-0.4, -0.2) is 35.3 Å². The van der Waals surface area contributed by atoms with E-state index in [4.69, 9.17) is 21.1 Å². The van der Waals surface area contributed by atoms with Crippen molar-refractivity contribution in [3.8, 4) is 5.88 Å². The molecule has 0 aliphatic heterocycles. The molecule has 2 aromatic heterocycles. The first-order chi connectivity index (χ1) is 11.3. The highest BCUT2D eigenvalue weighted by Crippen LogP contribution is 2.33. The van der Waals surface area contributed by atoms with E-state index in [1.54, 1.807) is 0 Å². The molecule has 1 saturated carbocycles. The standard InChI is InChI=1S/C16H23ClIN3O2Si/c1-24(2,3)8-7-22-10-21-9-12(18)13-14(21)19-16(17)20-15(13)23-11-5-4-6-11/h9,11H,4-8,10H2,1-3H3. The molecule has 0 bridgehead atoms. The molecule has 1 aliphatic rings. The van der Waals surface area contributed by atoms with E-state index in [1.165, 1.54) is 6.42 Å². The molecule has 0 atom stereocenters. The van der Waals surface area contributed by atoms with Crippen molar-refractivity contribution in [2.24, 2.45) is 0 Å². The van der Waals surface area contributed by atoms with Crippen LogP contribution in [0.1, 0.15) is 19.3 Å². The molecule has 0 aromatic carbocycles. The lowest BCUT2D eigenvalue weighted by molar-refractivity contribution is 0.0897. The van der Waals surface area contributed by atoms with E-state index in [9.17, 15) is 0 Å². The molecule has 0 saturated heterocycles. The first-order valence-corrected chi connectivity index (χ1v) is 13.5. The first kappa shape index (κ1) is 18.4. The second-order valence-electron chi connectivity index (χ2n) is 7.46. The van der Waals surface area contributed by atoms with Crippen LogP contribution in [0.5, 0.6) is 5.88 Å². The maximum atomic E-state index is 6.12. The number of rotatable bonds is 7. The van der Waals surface area contributed by atoms with Gasteiger partial charge in [0.15, 0.2) is 5.65 Å². The Morgan fingerprint density at radius 1 is 1.33 bits per heavy atom. The highest BCUT2D eigenvalue weighted by Gasteiger charge is 2.23. The van der Waals surface area contributed by atoms with Crippen LogP contribution < -0.4 is 4.74 Å². The van der Waals surface area contributed by atoms with Crippen LogP contribution in [0.25, 0.3) is 11.0 Å². The summed E-state index contributed by atoms with van der Waals surface area (Å²) in [4.78, 5) is 8.70. The molecule has 2 aromatic rings. The van der Waals surface area contributed by atoms with Gasteiger partial charge in [-0.15, -0.1) is 0 Å². The van der Waals surface area contributed by atoms with Crippen LogP contribution in [0.4, 0.5) is 0 Å². The minimum atomic E-state index is -1.08. The second-order valence-corrected chi connectivity index (χ2v) is 14.6. The van der Waals surface area contributed by atoms with Gasteiger partial charge in [-0.05, 0) is 59.5 Å². The number of fused-ring (bicyclic) bond motifs is 1. The molecular formula is C16H23ClIN3O2Si. The normalized spacial score (nSPS) is 15.7. The quantitative estimate of drug-likeness (QED) is 0.244. The van der Waals surface area contributed by atoms with E-state index >= 15 is 0 Å². The Hall–Kier alpha value is -0.383. The first-order valence-electron chi connectivity index (χ1n) is 8.30. The summed E-state index contributed by atoms with van der Waals surface area (Å²) in [6, 6.07) is 1.15. The van der Waals surface area contributed by atoms with Gasteiger partial charge in [-0.3, -0.25) is 0 Å². The van der Waals surface area contributed by atoms with E-state index in [0.29, 0.717) is 12.6 Å². The molecule has 5 nitrogen and oxygen atoms in total. The number of hydrogen-bond acceptors (Lipinski definition) is 4. The van der Waals surface area contributed by atoms with E-state index in [2.05, 4.69) is 52.2 Å². The van der Waals surface area contributed by atoms with Crippen LogP contribution >= 0.6 is 34.2 Å². The Kier molecular flexibility index (Phi) is 5.73. The molecule has 0 N–H and O–H groups in total. The molecule has 1 aliphatic carbocycles. The van der Waals surface area contributed by atoms with Crippen LogP contribution in [0.15, 0.2) is 6.20 Å². The van der Waals surface area contributed by atoms with Gasteiger partial charge in [-0.1, -0.05) is 19.6 Å². The summed E-state index contributed by atoms with van der Waals surface area (Å²) in [5.74, 6) is 0.597. The minimum Gasteiger partial charge on any atom is -0.474 e. The monoisotopic (exact) mass is 479 g/mol. The zero-order chi connectivity index (χ0) is 17.3. The molecule has 2 heterocycles. The van der Waals surface area contributed by atoms with E-state index < -0.39 is 8.07 Å². The summed E-state index contributed by atoms with van der Waals surface area (Å²) >= 11 is 8.41. The molecule has 0 radical (unpaired) electrons. The fraction of sp³-hybridized carbons (Fsp3) is 0.625. The number of aromatic nitrogens is 3. The predicted octanol–water partition coefficient (Wildman–Crippen LogP) is 4.93. The lowest BCUT2D eigenvalue weighted by Gasteiger charge is -2.26. The van der Waals surface area contributed by atoms with Gasteiger partial charge in [0, 0.05) is 24.4 Å². The van der Waals surface area contributed by atoms with Gasteiger partial charge in [0.05, 0.1) is 5.39 Å². The molecule has 3 rings (SSSR count). The van der Waals surface area contributed by atoms with Crippen LogP contribution in [0, 0.1) is 3.57 Å². The van der Waals surface area contributed by atoms with Gasteiger partial charge in [0.25, 0.3) is 0 Å². The van der Waals surface area contributed by atoms with Gasteiger partial charge >= 0.3 is 0 Å². The van der Waals surface area contributed by atoms with Crippen molar-refractivity contribution >= 4 is 53.3 Å². The minimum absolute atomic E-state index is 0.217. The molecule has 24 heavy (non-hydrogen) atoms. The summed E-state index contributed by atoms with van der Waals surface area (Å²) in [5, 5.41) is 1.15. The number of nitrogens with zero attached hydrogens (tertiary/aromatic N) is 3. The number of ether oxygens (including phenoxy) is 2. The summed E-state index contributed by atoms with van der Waals surface area (Å²) < 4.78 is 14.9. The van der Waals surface area contributed by atoms with Gasteiger partial charge in [-0.2, -0.15) is 9.97 Å². The predicted molar refractivity (Wildman–Crippen MR) is 108 cm³/mol. The number of halogens is 2. The zero-order valence-electron chi connectivity index (χ0n) is 14.3. The Labute approximate surface area is 162 Å². The van der Waals surface area contributed by atoms with E-state index in [-0.39, 0.29) is 11.4 Å². The van der Waals surface area contributed by atoms with E-state index in [0.717, 1.165) is 40.1 Å².